The molecule has 4 rings (SSSR count). The summed E-state index contributed by atoms with van der Waals surface area (Å²) in [6.07, 6.45) is 1.48. The van der Waals surface area contributed by atoms with E-state index >= 15 is 0 Å². The van der Waals surface area contributed by atoms with Gasteiger partial charge in [0.1, 0.15) is 12.4 Å². The first-order valence-corrected chi connectivity index (χ1v) is 12.0. The van der Waals surface area contributed by atoms with Gasteiger partial charge in [-0.2, -0.15) is 0 Å². The number of nitro benzene ring substituents is 1. The average Bonchev–Trinajstić information content (AvgIpc) is 3.43. The van der Waals surface area contributed by atoms with Crippen LogP contribution in [-0.2, 0) is 22.7 Å². The van der Waals surface area contributed by atoms with Gasteiger partial charge in [0.2, 0.25) is 5.76 Å². The van der Waals surface area contributed by atoms with E-state index in [4.69, 9.17) is 32.4 Å². The summed E-state index contributed by atoms with van der Waals surface area (Å²) in [5.74, 6) is -0.818. The van der Waals surface area contributed by atoms with Gasteiger partial charge in [0.15, 0.2) is 5.75 Å². The van der Waals surface area contributed by atoms with Crippen molar-refractivity contribution in [1.29, 1.82) is 0 Å². The number of imide groups is 1. The Bertz CT molecular complexity index is 1410. The van der Waals surface area contributed by atoms with E-state index in [1.807, 2.05) is 0 Å². The Morgan fingerprint density at radius 2 is 1.81 bits per heavy atom. The molecule has 2 heterocycles. The van der Waals surface area contributed by atoms with E-state index in [-0.39, 0.29) is 51.1 Å². The first-order valence-electron chi connectivity index (χ1n) is 10.4. The predicted molar refractivity (Wildman–Crippen MR) is 135 cm³/mol. The van der Waals surface area contributed by atoms with E-state index in [0.29, 0.717) is 11.1 Å². The van der Waals surface area contributed by atoms with Crippen molar-refractivity contribution in [3.8, 4) is 5.75 Å². The highest BCUT2D eigenvalue weighted by molar-refractivity contribution is 8.18. The Hall–Kier alpha value is -3.80. The van der Waals surface area contributed by atoms with Gasteiger partial charge in [0.05, 0.1) is 33.5 Å². The number of thioether (sulfide) groups is 1. The molecule has 0 radical (unpaired) electrons. The molecule has 0 spiro atoms. The molecule has 0 bridgehead atoms. The number of benzene rings is 2. The second kappa shape index (κ2) is 11.1. The van der Waals surface area contributed by atoms with Crippen LogP contribution in [0, 0.1) is 10.1 Å². The van der Waals surface area contributed by atoms with Crippen molar-refractivity contribution >= 4 is 63.8 Å². The monoisotopic (exact) mass is 562 g/mol. The Morgan fingerprint density at radius 1 is 1.14 bits per heavy atom. The molecule has 0 atom stereocenters. The van der Waals surface area contributed by atoms with Crippen LogP contribution in [0.2, 0.25) is 10.0 Å². The van der Waals surface area contributed by atoms with Gasteiger partial charge in [0.25, 0.3) is 16.8 Å². The van der Waals surface area contributed by atoms with Crippen molar-refractivity contribution in [2.45, 2.75) is 13.2 Å². The van der Waals surface area contributed by atoms with Crippen LogP contribution < -0.4 is 4.74 Å². The van der Waals surface area contributed by atoms with E-state index in [2.05, 4.69) is 4.74 Å². The van der Waals surface area contributed by atoms with Crippen LogP contribution in [0.25, 0.3) is 6.08 Å². The lowest BCUT2D eigenvalue weighted by atomic mass is 10.2. The third-order valence-electron chi connectivity index (χ3n) is 5.08. The molecule has 0 saturated carbocycles. The fourth-order valence-electron chi connectivity index (χ4n) is 3.29. The van der Waals surface area contributed by atoms with Crippen LogP contribution >= 0.6 is 35.0 Å². The van der Waals surface area contributed by atoms with Crippen LogP contribution in [0.4, 0.5) is 10.5 Å². The third kappa shape index (κ3) is 5.96. The summed E-state index contributed by atoms with van der Waals surface area (Å²) in [5, 5.41) is 10.6. The van der Waals surface area contributed by atoms with Gasteiger partial charge in [-0.05, 0) is 65.4 Å². The number of methoxy groups -OCH3 is 1. The number of carbonyl (C=O) groups excluding carboxylic acids is 3. The molecule has 1 saturated heterocycles. The van der Waals surface area contributed by atoms with Gasteiger partial charge in [0, 0.05) is 12.1 Å². The lowest BCUT2D eigenvalue weighted by molar-refractivity contribution is -0.384. The molecule has 0 unspecified atom stereocenters. The summed E-state index contributed by atoms with van der Waals surface area (Å²) in [6, 6.07) is 11.8. The molecular weight excluding hydrogens is 547 g/mol. The molecule has 13 heteroatoms. The molecule has 3 aromatic rings. The minimum absolute atomic E-state index is 0.0383. The van der Waals surface area contributed by atoms with Crippen molar-refractivity contribution in [2.24, 2.45) is 0 Å². The summed E-state index contributed by atoms with van der Waals surface area (Å²) in [7, 11) is 1.21. The number of nitrogens with zero attached hydrogens (tertiary/aromatic N) is 2. The standard InChI is InChI=1S/C24H16Cl2N2O8S/c1-34-23(30)19-7-6-16(36-19)11-27-22(29)20(37-24(27)31)10-14-8-17(25)21(18(26)9-14)35-12-13-2-4-15(5-3-13)28(32)33/h2-10H,11-12H2,1H3/b20-10+. The summed E-state index contributed by atoms with van der Waals surface area (Å²) < 4.78 is 15.6. The van der Waals surface area contributed by atoms with E-state index in [0.717, 1.165) is 16.7 Å². The lowest BCUT2D eigenvalue weighted by Crippen LogP contribution is -2.27. The van der Waals surface area contributed by atoms with E-state index in [1.165, 1.54) is 49.6 Å². The average molecular weight is 563 g/mol. The Balaban J connectivity index is 1.45. The van der Waals surface area contributed by atoms with Crippen LogP contribution in [0.1, 0.15) is 27.4 Å². The molecule has 0 aliphatic carbocycles. The van der Waals surface area contributed by atoms with Crippen molar-refractivity contribution < 1.29 is 33.2 Å². The molecule has 1 fully saturated rings. The minimum Gasteiger partial charge on any atom is -0.486 e. The molecule has 10 nitrogen and oxygen atoms in total. The molecular formula is C24H16Cl2N2O8S. The summed E-state index contributed by atoms with van der Waals surface area (Å²) >= 11 is 13.4. The third-order valence-corrected chi connectivity index (χ3v) is 6.55. The number of nitro groups is 1. The molecule has 2 amide bonds. The van der Waals surface area contributed by atoms with Crippen LogP contribution in [-0.4, -0.2) is 34.0 Å². The normalized spacial score (nSPS) is 14.4. The molecule has 1 aliphatic heterocycles. The van der Waals surface area contributed by atoms with Crippen molar-refractivity contribution in [2.75, 3.05) is 7.11 Å². The zero-order valence-electron chi connectivity index (χ0n) is 18.9. The summed E-state index contributed by atoms with van der Waals surface area (Å²) in [6.45, 7) is -0.0872. The predicted octanol–water partition coefficient (Wildman–Crippen LogP) is 6.10. The van der Waals surface area contributed by atoms with Crippen molar-refractivity contribution in [3.05, 3.63) is 96.2 Å². The fraction of sp³-hybridized carbons (Fsp3) is 0.125. The number of ether oxygens (including phenoxy) is 2. The topological polar surface area (TPSA) is 129 Å². The van der Waals surface area contributed by atoms with E-state index in [9.17, 15) is 24.5 Å². The molecule has 0 N–H and O–H groups in total. The van der Waals surface area contributed by atoms with E-state index < -0.39 is 22.0 Å². The maximum absolute atomic E-state index is 12.8. The second-order valence-corrected chi connectivity index (χ2v) is 9.36. The smallest absolute Gasteiger partial charge is 0.373 e. The highest BCUT2D eigenvalue weighted by atomic mass is 35.5. The molecule has 190 valence electrons. The number of non-ortho nitro benzene ring substituents is 1. The minimum atomic E-state index is -0.672. The maximum Gasteiger partial charge on any atom is 0.373 e. The maximum atomic E-state index is 12.8. The second-order valence-electron chi connectivity index (χ2n) is 7.55. The number of hydrogen-bond donors (Lipinski definition) is 0. The SMILES string of the molecule is COC(=O)c1ccc(CN2C(=O)S/C(=C/c3cc(Cl)c(OCc4ccc([N+](=O)[O-])cc4)c(Cl)c3)C2=O)o1. The largest absolute Gasteiger partial charge is 0.486 e. The fourth-order valence-corrected chi connectivity index (χ4v) is 4.74. The highest BCUT2D eigenvalue weighted by Gasteiger charge is 2.36. The lowest BCUT2D eigenvalue weighted by Gasteiger charge is -2.11. The number of esters is 1. The van der Waals surface area contributed by atoms with Crippen molar-refractivity contribution in [1.82, 2.24) is 4.90 Å². The zero-order valence-corrected chi connectivity index (χ0v) is 21.3. The number of carbonyl (C=O) groups is 3. The molecule has 1 aromatic heterocycles. The highest BCUT2D eigenvalue weighted by Crippen LogP contribution is 2.38. The molecule has 2 aromatic carbocycles. The van der Waals surface area contributed by atoms with E-state index in [1.54, 1.807) is 12.1 Å². The Kier molecular flexibility index (Phi) is 7.86. The van der Waals surface area contributed by atoms with Crippen LogP contribution in [0.3, 0.4) is 0 Å². The number of hydrogen-bond acceptors (Lipinski definition) is 9. The number of rotatable bonds is 8. The van der Waals surface area contributed by atoms with Gasteiger partial charge in [-0.25, -0.2) is 4.79 Å². The Morgan fingerprint density at radius 3 is 2.43 bits per heavy atom. The van der Waals surface area contributed by atoms with Crippen molar-refractivity contribution in [3.63, 3.8) is 0 Å². The zero-order chi connectivity index (χ0) is 26.7. The first kappa shape index (κ1) is 26.3. The quantitative estimate of drug-likeness (QED) is 0.138. The van der Waals surface area contributed by atoms with Crippen LogP contribution in [0.15, 0.2) is 57.9 Å². The summed E-state index contributed by atoms with van der Waals surface area (Å²) in [5.41, 5.74) is 1.10. The van der Waals surface area contributed by atoms with Crippen LogP contribution in [0.5, 0.6) is 5.75 Å². The Labute approximate surface area is 223 Å². The molecule has 37 heavy (non-hydrogen) atoms. The van der Waals surface area contributed by atoms with Gasteiger partial charge < -0.3 is 13.9 Å². The van der Waals surface area contributed by atoms with Gasteiger partial charge >= 0.3 is 5.97 Å². The first-order chi connectivity index (χ1) is 17.7. The number of amides is 2. The van der Waals surface area contributed by atoms with Gasteiger partial charge in [-0.1, -0.05) is 23.2 Å². The number of halogens is 2. The van der Waals surface area contributed by atoms with Gasteiger partial charge in [-0.3, -0.25) is 24.6 Å². The van der Waals surface area contributed by atoms with Gasteiger partial charge in [-0.15, -0.1) is 0 Å². The molecule has 1 aliphatic rings. The number of furan rings is 1. The summed E-state index contributed by atoms with van der Waals surface area (Å²) in [4.78, 5) is 48.2.